The fourth-order valence-electron chi connectivity index (χ4n) is 2.02. The van der Waals surface area contributed by atoms with E-state index < -0.39 is 19.0 Å². The topological polar surface area (TPSA) is 98.1 Å². The van der Waals surface area contributed by atoms with Crippen LogP contribution in [0.15, 0.2) is 6.20 Å². The molecule has 2 N–H and O–H groups in total. The second-order valence-corrected chi connectivity index (χ2v) is 6.93. The molecule has 1 aromatic rings. The number of nitrogens with zero attached hydrogens (tertiary/aromatic N) is 1. The summed E-state index contributed by atoms with van der Waals surface area (Å²) in [5.41, 5.74) is 0.261. The average Bonchev–Trinajstić information content (AvgIpc) is 2.31. The van der Waals surface area contributed by atoms with Crippen LogP contribution in [0.4, 0.5) is 0 Å². The molecule has 0 aromatic carbocycles. The molecule has 8 heteroatoms. The molecule has 1 unspecified atom stereocenters. The summed E-state index contributed by atoms with van der Waals surface area (Å²) in [5.74, 6) is -0.740. The highest BCUT2D eigenvalue weighted by atomic mass is 31.2. The van der Waals surface area contributed by atoms with Crippen molar-refractivity contribution in [3.05, 3.63) is 17.5 Å². The monoisotopic (exact) mass is 303 g/mol. The number of methoxy groups -OCH3 is 1. The van der Waals surface area contributed by atoms with Gasteiger partial charge in [-0.3, -0.25) is 9.55 Å². The number of hydrogen-bond acceptors (Lipinski definition) is 5. The Morgan fingerprint density at radius 3 is 2.65 bits per heavy atom. The van der Waals surface area contributed by atoms with Crippen molar-refractivity contribution in [2.24, 2.45) is 0 Å². The van der Waals surface area contributed by atoms with Gasteiger partial charge in [-0.25, -0.2) is 0 Å². The van der Waals surface area contributed by atoms with Crippen molar-refractivity contribution in [2.75, 3.05) is 13.7 Å². The summed E-state index contributed by atoms with van der Waals surface area (Å²) in [6, 6.07) is 0. The second-order valence-electron chi connectivity index (χ2n) is 5.28. The van der Waals surface area contributed by atoms with Crippen LogP contribution in [-0.2, 0) is 9.30 Å². The van der Waals surface area contributed by atoms with E-state index in [-0.39, 0.29) is 17.9 Å². The van der Waals surface area contributed by atoms with Crippen molar-refractivity contribution >= 4 is 7.60 Å². The zero-order chi connectivity index (χ0) is 15.1. The fraction of sp³-hybridized carbons (Fsp3) is 0.583. The molecule has 20 heavy (non-hydrogen) atoms. The van der Waals surface area contributed by atoms with Crippen molar-refractivity contribution in [1.29, 1.82) is 0 Å². The van der Waals surface area contributed by atoms with Gasteiger partial charge in [0.15, 0.2) is 17.3 Å². The van der Waals surface area contributed by atoms with E-state index in [1.807, 2.05) is 13.8 Å². The molecule has 0 saturated heterocycles. The van der Waals surface area contributed by atoms with Gasteiger partial charge in [0.05, 0.1) is 11.3 Å². The number of hydrogen-bond donors (Lipinski definition) is 2. The highest BCUT2D eigenvalue weighted by Crippen LogP contribution is 2.56. The maximum absolute atomic E-state index is 11.5. The summed E-state index contributed by atoms with van der Waals surface area (Å²) in [5, 5.41) is 0. The number of aryl methyl sites for hydroxylation is 1. The molecule has 2 heterocycles. The Kier molecular flexibility index (Phi) is 3.81. The molecule has 0 fully saturated rings. The average molecular weight is 303 g/mol. The summed E-state index contributed by atoms with van der Waals surface area (Å²) in [6.45, 7) is 5.73. The van der Waals surface area contributed by atoms with Crippen LogP contribution in [0.2, 0.25) is 0 Å². The van der Waals surface area contributed by atoms with Crippen molar-refractivity contribution < 1.29 is 28.6 Å². The van der Waals surface area contributed by atoms with Gasteiger partial charge in [0.2, 0.25) is 0 Å². The number of ether oxygens (including phenoxy) is 3. The van der Waals surface area contributed by atoms with Crippen LogP contribution in [-0.4, -0.2) is 34.1 Å². The Balaban J connectivity index is 2.55. The van der Waals surface area contributed by atoms with Crippen molar-refractivity contribution in [3.63, 3.8) is 0 Å². The molecule has 0 aliphatic carbocycles. The molecule has 0 saturated carbocycles. The molecule has 0 radical (unpaired) electrons. The van der Waals surface area contributed by atoms with E-state index in [1.165, 1.54) is 13.3 Å². The molecule has 0 spiro atoms. The third-order valence-corrected chi connectivity index (χ3v) is 4.03. The minimum absolute atomic E-state index is 0.192. The highest BCUT2D eigenvalue weighted by Gasteiger charge is 2.38. The van der Waals surface area contributed by atoms with Gasteiger partial charge in [-0.1, -0.05) is 0 Å². The van der Waals surface area contributed by atoms with Crippen LogP contribution in [0.3, 0.4) is 0 Å². The summed E-state index contributed by atoms with van der Waals surface area (Å²) in [6.07, 6.45) is 1.35. The third-order valence-electron chi connectivity index (χ3n) is 2.93. The first-order valence-electron chi connectivity index (χ1n) is 6.05. The van der Waals surface area contributed by atoms with Crippen LogP contribution in [0, 0.1) is 6.92 Å². The van der Waals surface area contributed by atoms with Crippen LogP contribution < -0.4 is 9.47 Å². The minimum atomic E-state index is -4.49. The standard InChI is InChI=1S/C12H18NO6P/c1-7-9-10(18-6-12(2,3)19-9)8(5-13-7)11(17-4)20(14,15)16/h5,11H,6H2,1-4H3,(H2,14,15,16). The molecule has 0 amide bonds. The van der Waals surface area contributed by atoms with Crippen molar-refractivity contribution in [1.82, 2.24) is 4.98 Å². The lowest BCUT2D eigenvalue weighted by molar-refractivity contribution is 0.0171. The largest absolute Gasteiger partial charge is 0.485 e. The lowest BCUT2D eigenvalue weighted by atomic mass is 10.1. The fourth-order valence-corrected chi connectivity index (χ4v) is 2.84. The molecular formula is C12H18NO6P. The predicted octanol–water partition coefficient (Wildman–Crippen LogP) is 1.76. The molecule has 112 valence electrons. The summed E-state index contributed by atoms with van der Waals surface area (Å²) < 4.78 is 27.9. The van der Waals surface area contributed by atoms with Crippen LogP contribution >= 0.6 is 7.60 Å². The lowest BCUT2D eigenvalue weighted by Crippen LogP contribution is -2.39. The molecule has 2 rings (SSSR count). The van der Waals surface area contributed by atoms with E-state index in [1.54, 1.807) is 6.92 Å². The van der Waals surface area contributed by atoms with Gasteiger partial charge >= 0.3 is 7.60 Å². The smallest absolute Gasteiger partial charge is 0.358 e. The first kappa shape index (κ1) is 15.3. The SMILES string of the molecule is COC(c1cnc(C)c2c1OCC(C)(C)O2)P(=O)(O)O. The maximum atomic E-state index is 11.5. The Hall–Kier alpha value is -1.14. The molecule has 1 aliphatic heterocycles. The normalized spacial score (nSPS) is 18.7. The van der Waals surface area contributed by atoms with Gasteiger partial charge in [-0.05, 0) is 20.8 Å². The van der Waals surface area contributed by atoms with E-state index >= 15 is 0 Å². The number of fused-ring (bicyclic) bond motifs is 1. The maximum Gasteiger partial charge on any atom is 0.358 e. The van der Waals surface area contributed by atoms with Crippen LogP contribution in [0.5, 0.6) is 11.5 Å². The van der Waals surface area contributed by atoms with Crippen LogP contribution in [0.25, 0.3) is 0 Å². The van der Waals surface area contributed by atoms with E-state index in [0.717, 1.165) is 0 Å². The highest BCUT2D eigenvalue weighted by molar-refractivity contribution is 7.52. The first-order valence-corrected chi connectivity index (χ1v) is 7.73. The van der Waals surface area contributed by atoms with Gasteiger partial charge in [-0.2, -0.15) is 0 Å². The van der Waals surface area contributed by atoms with Gasteiger partial charge in [0.1, 0.15) is 12.2 Å². The quantitative estimate of drug-likeness (QED) is 0.821. The van der Waals surface area contributed by atoms with E-state index in [0.29, 0.717) is 11.4 Å². The van der Waals surface area contributed by atoms with E-state index in [2.05, 4.69) is 4.98 Å². The van der Waals surface area contributed by atoms with Gasteiger partial charge < -0.3 is 24.0 Å². The van der Waals surface area contributed by atoms with Gasteiger partial charge in [0, 0.05) is 13.3 Å². The lowest BCUT2D eigenvalue weighted by Gasteiger charge is -2.34. The van der Waals surface area contributed by atoms with E-state index in [9.17, 15) is 14.4 Å². The van der Waals surface area contributed by atoms with E-state index in [4.69, 9.17) is 14.2 Å². The third kappa shape index (κ3) is 2.81. The first-order chi connectivity index (χ1) is 9.15. The van der Waals surface area contributed by atoms with Crippen LogP contribution in [0.1, 0.15) is 30.9 Å². The Morgan fingerprint density at radius 2 is 2.10 bits per heavy atom. The number of rotatable bonds is 3. The van der Waals surface area contributed by atoms with Crippen molar-refractivity contribution in [2.45, 2.75) is 32.2 Å². The summed E-state index contributed by atoms with van der Waals surface area (Å²) in [4.78, 5) is 22.8. The molecule has 1 aliphatic rings. The molecule has 1 atom stereocenters. The second kappa shape index (κ2) is 5.00. The molecule has 1 aromatic heterocycles. The van der Waals surface area contributed by atoms with Gasteiger partial charge in [-0.15, -0.1) is 0 Å². The molecule has 7 nitrogen and oxygen atoms in total. The summed E-state index contributed by atoms with van der Waals surface area (Å²) in [7, 11) is -3.26. The Bertz CT molecular complexity index is 567. The zero-order valence-electron chi connectivity index (χ0n) is 11.8. The Labute approximate surface area is 117 Å². The Morgan fingerprint density at radius 1 is 1.45 bits per heavy atom. The molecule has 0 bridgehead atoms. The van der Waals surface area contributed by atoms with Gasteiger partial charge in [0.25, 0.3) is 0 Å². The zero-order valence-corrected chi connectivity index (χ0v) is 12.7. The number of aromatic nitrogens is 1. The molecular weight excluding hydrogens is 285 g/mol. The number of pyridine rings is 1. The predicted molar refractivity (Wildman–Crippen MR) is 71.0 cm³/mol. The minimum Gasteiger partial charge on any atom is -0.485 e. The van der Waals surface area contributed by atoms with Crippen molar-refractivity contribution in [3.8, 4) is 11.5 Å². The summed E-state index contributed by atoms with van der Waals surface area (Å²) >= 11 is 0.